The topological polar surface area (TPSA) is 61.8 Å². The van der Waals surface area contributed by atoms with Gasteiger partial charge in [0, 0.05) is 39.6 Å². The van der Waals surface area contributed by atoms with Gasteiger partial charge in [-0.1, -0.05) is 0 Å². The molecule has 7 nitrogen and oxygen atoms in total. The van der Waals surface area contributed by atoms with Crippen LogP contribution in [0, 0.1) is 5.92 Å². The SMILES string of the molecule is CN1CCC[C@H](C(=O)N2CCC[C@H](Oc3nccnc3N(C)C)C2)C1. The lowest BCUT2D eigenvalue weighted by Gasteiger charge is -2.37. The molecule has 3 heterocycles. The number of aromatic nitrogens is 2. The standard InChI is InChI=1S/C18H29N5O2/c1-21(2)16-17(20-9-8-19-16)25-15-7-5-11-23(13-15)18(24)14-6-4-10-22(3)12-14/h8-9,14-15H,4-7,10-13H2,1-3H3/t14-,15-/m0/s1. The molecule has 2 saturated heterocycles. The smallest absolute Gasteiger partial charge is 0.257 e. The minimum Gasteiger partial charge on any atom is -0.470 e. The molecule has 0 saturated carbocycles. The zero-order valence-corrected chi connectivity index (χ0v) is 15.5. The van der Waals surface area contributed by atoms with E-state index in [1.807, 2.05) is 23.9 Å². The van der Waals surface area contributed by atoms with Crippen LogP contribution in [-0.4, -0.2) is 79.1 Å². The molecule has 2 aliphatic rings. The largest absolute Gasteiger partial charge is 0.470 e. The number of amides is 1. The second kappa shape index (κ2) is 7.99. The van der Waals surface area contributed by atoms with Gasteiger partial charge < -0.3 is 19.4 Å². The number of ether oxygens (including phenoxy) is 1. The average molecular weight is 347 g/mol. The fourth-order valence-corrected chi connectivity index (χ4v) is 3.73. The van der Waals surface area contributed by atoms with Crippen molar-refractivity contribution in [1.82, 2.24) is 19.8 Å². The van der Waals surface area contributed by atoms with Gasteiger partial charge in [0.1, 0.15) is 6.10 Å². The zero-order chi connectivity index (χ0) is 17.8. The van der Waals surface area contributed by atoms with Gasteiger partial charge in [0.15, 0.2) is 5.82 Å². The number of anilines is 1. The molecule has 0 unspecified atom stereocenters. The monoisotopic (exact) mass is 347 g/mol. The van der Waals surface area contributed by atoms with E-state index in [9.17, 15) is 4.79 Å². The molecule has 2 aliphatic heterocycles. The molecule has 7 heteroatoms. The van der Waals surface area contributed by atoms with Gasteiger partial charge in [-0.25, -0.2) is 9.97 Å². The first-order valence-corrected chi connectivity index (χ1v) is 9.17. The third-order valence-electron chi connectivity index (χ3n) is 5.01. The Morgan fingerprint density at radius 3 is 2.68 bits per heavy atom. The van der Waals surface area contributed by atoms with Crippen LogP contribution in [-0.2, 0) is 4.79 Å². The number of likely N-dealkylation sites (tertiary alicyclic amines) is 2. The van der Waals surface area contributed by atoms with Crippen molar-refractivity contribution in [3.8, 4) is 5.88 Å². The number of hydrogen-bond donors (Lipinski definition) is 0. The summed E-state index contributed by atoms with van der Waals surface area (Å²) in [6.45, 7) is 3.44. The van der Waals surface area contributed by atoms with E-state index in [-0.39, 0.29) is 17.9 Å². The first kappa shape index (κ1) is 17.9. The van der Waals surface area contributed by atoms with Crippen molar-refractivity contribution in [2.45, 2.75) is 31.8 Å². The Labute approximate surface area is 150 Å². The summed E-state index contributed by atoms with van der Waals surface area (Å²) in [5.41, 5.74) is 0. The molecular weight excluding hydrogens is 318 g/mol. The number of carbonyl (C=O) groups is 1. The normalized spacial score (nSPS) is 24.8. The quantitative estimate of drug-likeness (QED) is 0.817. The second-order valence-corrected chi connectivity index (χ2v) is 7.35. The summed E-state index contributed by atoms with van der Waals surface area (Å²) in [7, 11) is 5.94. The Bertz CT molecular complexity index is 595. The highest BCUT2D eigenvalue weighted by molar-refractivity contribution is 5.79. The van der Waals surface area contributed by atoms with Crippen LogP contribution in [0.3, 0.4) is 0 Å². The van der Waals surface area contributed by atoms with Gasteiger partial charge in [-0.3, -0.25) is 4.79 Å². The Balaban J connectivity index is 1.62. The first-order valence-electron chi connectivity index (χ1n) is 9.17. The number of rotatable bonds is 4. The molecule has 25 heavy (non-hydrogen) atoms. The number of nitrogens with zero attached hydrogens (tertiary/aromatic N) is 5. The summed E-state index contributed by atoms with van der Waals surface area (Å²) < 4.78 is 6.12. The van der Waals surface area contributed by atoms with Crippen LogP contribution in [0.25, 0.3) is 0 Å². The predicted octanol–water partition coefficient (Wildman–Crippen LogP) is 1.25. The van der Waals surface area contributed by atoms with E-state index in [1.165, 1.54) is 0 Å². The molecule has 1 amide bonds. The molecule has 0 bridgehead atoms. The van der Waals surface area contributed by atoms with Crippen molar-refractivity contribution in [1.29, 1.82) is 0 Å². The van der Waals surface area contributed by atoms with Crippen molar-refractivity contribution >= 4 is 11.7 Å². The Morgan fingerprint density at radius 1 is 1.16 bits per heavy atom. The Kier molecular flexibility index (Phi) is 5.73. The van der Waals surface area contributed by atoms with Crippen molar-refractivity contribution in [2.75, 3.05) is 52.2 Å². The third-order valence-corrected chi connectivity index (χ3v) is 5.01. The minimum atomic E-state index is -0.0191. The van der Waals surface area contributed by atoms with Gasteiger partial charge in [0.25, 0.3) is 5.88 Å². The lowest BCUT2D eigenvalue weighted by molar-refractivity contribution is -0.139. The maximum atomic E-state index is 12.9. The van der Waals surface area contributed by atoms with E-state index in [2.05, 4.69) is 21.9 Å². The minimum absolute atomic E-state index is 0.0191. The summed E-state index contributed by atoms with van der Waals surface area (Å²) in [6.07, 6.45) is 7.31. The maximum Gasteiger partial charge on any atom is 0.257 e. The predicted molar refractivity (Wildman–Crippen MR) is 96.8 cm³/mol. The van der Waals surface area contributed by atoms with E-state index in [1.54, 1.807) is 12.4 Å². The molecule has 1 aromatic heterocycles. The van der Waals surface area contributed by atoms with Gasteiger partial charge in [-0.05, 0) is 39.3 Å². The van der Waals surface area contributed by atoms with Crippen LogP contribution in [0.5, 0.6) is 5.88 Å². The summed E-state index contributed by atoms with van der Waals surface area (Å²) >= 11 is 0. The molecule has 3 rings (SSSR count). The van der Waals surface area contributed by atoms with Crippen LogP contribution in [0.15, 0.2) is 12.4 Å². The van der Waals surface area contributed by atoms with E-state index in [0.717, 1.165) is 51.1 Å². The van der Waals surface area contributed by atoms with E-state index >= 15 is 0 Å². The number of carbonyl (C=O) groups excluding carboxylic acids is 1. The summed E-state index contributed by atoms with van der Waals surface area (Å²) in [5.74, 6) is 1.68. The van der Waals surface area contributed by atoms with E-state index in [0.29, 0.717) is 12.4 Å². The highest BCUT2D eigenvalue weighted by Crippen LogP contribution is 2.25. The first-order chi connectivity index (χ1) is 12.0. The van der Waals surface area contributed by atoms with Gasteiger partial charge in [0.2, 0.25) is 5.91 Å². The van der Waals surface area contributed by atoms with Crippen LogP contribution >= 0.6 is 0 Å². The van der Waals surface area contributed by atoms with Crippen molar-refractivity contribution in [3.63, 3.8) is 0 Å². The lowest BCUT2D eigenvalue weighted by Crippen LogP contribution is -2.49. The second-order valence-electron chi connectivity index (χ2n) is 7.35. The lowest BCUT2D eigenvalue weighted by atomic mass is 9.95. The fourth-order valence-electron chi connectivity index (χ4n) is 3.73. The molecule has 138 valence electrons. The van der Waals surface area contributed by atoms with Crippen molar-refractivity contribution in [2.24, 2.45) is 5.92 Å². The zero-order valence-electron chi connectivity index (χ0n) is 15.5. The third kappa shape index (κ3) is 4.39. The van der Waals surface area contributed by atoms with Gasteiger partial charge >= 0.3 is 0 Å². The number of piperidine rings is 2. The number of hydrogen-bond acceptors (Lipinski definition) is 6. The van der Waals surface area contributed by atoms with Crippen molar-refractivity contribution < 1.29 is 9.53 Å². The van der Waals surface area contributed by atoms with Gasteiger partial charge in [0.05, 0.1) is 12.5 Å². The molecule has 0 N–H and O–H groups in total. The molecule has 0 aromatic carbocycles. The van der Waals surface area contributed by atoms with E-state index < -0.39 is 0 Å². The van der Waals surface area contributed by atoms with Gasteiger partial charge in [-0.15, -0.1) is 0 Å². The van der Waals surface area contributed by atoms with Crippen LogP contribution in [0.2, 0.25) is 0 Å². The molecule has 2 fully saturated rings. The molecular formula is C18H29N5O2. The molecule has 0 spiro atoms. The summed E-state index contributed by atoms with van der Waals surface area (Å²) in [4.78, 5) is 27.7. The molecule has 0 aliphatic carbocycles. The average Bonchev–Trinajstić information content (AvgIpc) is 2.61. The van der Waals surface area contributed by atoms with Crippen LogP contribution in [0.4, 0.5) is 5.82 Å². The van der Waals surface area contributed by atoms with Gasteiger partial charge in [-0.2, -0.15) is 0 Å². The fraction of sp³-hybridized carbons (Fsp3) is 0.722. The highest BCUT2D eigenvalue weighted by Gasteiger charge is 2.32. The molecule has 0 radical (unpaired) electrons. The molecule has 2 atom stereocenters. The summed E-state index contributed by atoms with van der Waals surface area (Å²) in [5, 5.41) is 0. The summed E-state index contributed by atoms with van der Waals surface area (Å²) in [6, 6.07) is 0. The van der Waals surface area contributed by atoms with Crippen molar-refractivity contribution in [3.05, 3.63) is 12.4 Å². The van der Waals surface area contributed by atoms with Crippen LogP contribution < -0.4 is 9.64 Å². The van der Waals surface area contributed by atoms with Crippen LogP contribution in [0.1, 0.15) is 25.7 Å². The van der Waals surface area contributed by atoms with E-state index in [4.69, 9.17) is 4.74 Å². The highest BCUT2D eigenvalue weighted by atomic mass is 16.5. The Hall–Kier alpha value is -1.89. The Morgan fingerprint density at radius 2 is 1.92 bits per heavy atom. The maximum absolute atomic E-state index is 12.9. The molecule has 1 aromatic rings.